The first-order valence-electron chi connectivity index (χ1n) is 8.16. The normalized spacial score (nSPS) is 15.3. The number of para-hydroxylation sites is 2. The van der Waals surface area contributed by atoms with E-state index in [4.69, 9.17) is 14.2 Å². The van der Waals surface area contributed by atoms with Crippen LogP contribution in [0.1, 0.15) is 0 Å². The number of fused-ring (bicyclic) bond motifs is 1. The lowest BCUT2D eigenvalue weighted by molar-refractivity contribution is -0.144. The van der Waals surface area contributed by atoms with Crippen LogP contribution in [0.3, 0.4) is 0 Å². The highest BCUT2D eigenvalue weighted by Gasteiger charge is 2.29. The van der Waals surface area contributed by atoms with Crippen LogP contribution in [0.15, 0.2) is 77.3 Å². The monoisotopic (exact) mass is 410 g/mol. The molecule has 3 aromatic rings. The van der Waals surface area contributed by atoms with Gasteiger partial charge in [-0.3, -0.25) is 0 Å². The van der Waals surface area contributed by atoms with Gasteiger partial charge in [-0.05, 0) is 51.3 Å². The average molecular weight is 411 g/mol. The van der Waals surface area contributed by atoms with Crippen LogP contribution in [0.4, 0.5) is 0 Å². The third-order valence-electron chi connectivity index (χ3n) is 4.02. The lowest BCUT2D eigenvalue weighted by Crippen LogP contribution is -2.39. The van der Waals surface area contributed by atoms with E-state index in [0.29, 0.717) is 21.7 Å². The Bertz CT molecular complexity index is 940. The maximum absolute atomic E-state index is 12.4. The standard InChI is InChI=1S/C21H15BrO4/c22-16-12-15(14-6-2-1-3-7-14)10-11-17(16)26-21(23)20-13-24-18-8-4-5-9-19(18)25-20/h1-12,20H,13H2. The van der Waals surface area contributed by atoms with Crippen molar-refractivity contribution in [3.63, 3.8) is 0 Å². The van der Waals surface area contributed by atoms with E-state index in [9.17, 15) is 4.79 Å². The molecule has 1 heterocycles. The van der Waals surface area contributed by atoms with Crippen molar-refractivity contribution in [1.82, 2.24) is 0 Å². The van der Waals surface area contributed by atoms with E-state index >= 15 is 0 Å². The van der Waals surface area contributed by atoms with Crippen molar-refractivity contribution in [2.75, 3.05) is 6.61 Å². The first-order chi connectivity index (χ1) is 12.7. The fourth-order valence-corrected chi connectivity index (χ4v) is 3.16. The van der Waals surface area contributed by atoms with Gasteiger partial charge in [-0.15, -0.1) is 0 Å². The van der Waals surface area contributed by atoms with Crippen LogP contribution in [0.2, 0.25) is 0 Å². The van der Waals surface area contributed by atoms with Crippen LogP contribution in [0, 0.1) is 0 Å². The second-order valence-electron chi connectivity index (χ2n) is 5.80. The molecule has 4 rings (SSSR count). The third kappa shape index (κ3) is 3.44. The molecule has 3 aromatic carbocycles. The summed E-state index contributed by atoms with van der Waals surface area (Å²) >= 11 is 3.47. The predicted octanol–water partition coefficient (Wildman–Crippen LogP) is 4.86. The Balaban J connectivity index is 1.48. The van der Waals surface area contributed by atoms with Crippen molar-refractivity contribution < 1.29 is 19.0 Å². The van der Waals surface area contributed by atoms with E-state index in [0.717, 1.165) is 11.1 Å². The lowest BCUT2D eigenvalue weighted by atomic mass is 10.1. The SMILES string of the molecule is O=C(Oc1ccc(-c2ccccc2)cc1Br)C1COc2ccccc2O1. The molecule has 0 aromatic heterocycles. The molecule has 0 N–H and O–H groups in total. The zero-order valence-corrected chi connectivity index (χ0v) is 15.3. The molecule has 0 bridgehead atoms. The van der Waals surface area contributed by atoms with E-state index in [1.54, 1.807) is 18.2 Å². The molecule has 1 unspecified atom stereocenters. The number of esters is 1. The molecule has 0 aliphatic carbocycles. The summed E-state index contributed by atoms with van der Waals surface area (Å²) in [4.78, 5) is 12.4. The fraction of sp³-hybridized carbons (Fsp3) is 0.0952. The predicted molar refractivity (Wildman–Crippen MR) is 102 cm³/mol. The van der Waals surface area contributed by atoms with Crippen molar-refractivity contribution in [3.8, 4) is 28.4 Å². The summed E-state index contributed by atoms with van der Waals surface area (Å²) in [5, 5.41) is 0. The highest BCUT2D eigenvalue weighted by Crippen LogP contribution is 2.33. The number of rotatable bonds is 3. The molecular formula is C21H15BrO4. The highest BCUT2D eigenvalue weighted by atomic mass is 79.9. The molecule has 1 aliphatic rings. The van der Waals surface area contributed by atoms with Crippen molar-refractivity contribution in [2.45, 2.75) is 6.10 Å². The van der Waals surface area contributed by atoms with Crippen LogP contribution < -0.4 is 14.2 Å². The van der Waals surface area contributed by atoms with Gasteiger partial charge in [0.2, 0.25) is 6.10 Å². The second kappa shape index (κ2) is 7.22. The van der Waals surface area contributed by atoms with Crippen LogP contribution >= 0.6 is 15.9 Å². The van der Waals surface area contributed by atoms with Crippen molar-refractivity contribution in [3.05, 3.63) is 77.3 Å². The maximum atomic E-state index is 12.4. The van der Waals surface area contributed by atoms with Crippen molar-refractivity contribution in [1.29, 1.82) is 0 Å². The van der Waals surface area contributed by atoms with Gasteiger partial charge in [0.1, 0.15) is 12.4 Å². The number of hydrogen-bond donors (Lipinski definition) is 0. The minimum atomic E-state index is -0.800. The third-order valence-corrected chi connectivity index (χ3v) is 4.64. The summed E-state index contributed by atoms with van der Waals surface area (Å²) < 4.78 is 17.4. The summed E-state index contributed by atoms with van der Waals surface area (Å²) in [5.41, 5.74) is 2.12. The molecule has 0 radical (unpaired) electrons. The molecule has 1 aliphatic heterocycles. The van der Waals surface area contributed by atoms with Gasteiger partial charge in [-0.25, -0.2) is 4.79 Å². The Morgan fingerprint density at radius 3 is 2.42 bits per heavy atom. The fourth-order valence-electron chi connectivity index (χ4n) is 2.70. The number of carbonyl (C=O) groups is 1. The van der Waals surface area contributed by atoms with Gasteiger partial charge in [0.05, 0.1) is 4.47 Å². The summed E-state index contributed by atoms with van der Waals surface area (Å²) in [6, 6.07) is 22.8. The van der Waals surface area contributed by atoms with E-state index < -0.39 is 12.1 Å². The van der Waals surface area contributed by atoms with Gasteiger partial charge < -0.3 is 14.2 Å². The number of ether oxygens (including phenoxy) is 3. The Hall–Kier alpha value is -2.79. The van der Waals surface area contributed by atoms with Crippen LogP contribution in [0.25, 0.3) is 11.1 Å². The first-order valence-corrected chi connectivity index (χ1v) is 8.95. The molecule has 0 saturated heterocycles. The van der Waals surface area contributed by atoms with Crippen LogP contribution in [-0.4, -0.2) is 18.7 Å². The molecule has 0 saturated carbocycles. The minimum Gasteiger partial charge on any atom is -0.485 e. The van der Waals surface area contributed by atoms with E-state index in [1.165, 1.54) is 0 Å². The highest BCUT2D eigenvalue weighted by molar-refractivity contribution is 9.10. The Morgan fingerprint density at radius 1 is 0.923 bits per heavy atom. The zero-order chi connectivity index (χ0) is 17.9. The van der Waals surface area contributed by atoms with E-state index in [2.05, 4.69) is 15.9 Å². The number of benzene rings is 3. The van der Waals surface area contributed by atoms with Gasteiger partial charge in [0.15, 0.2) is 11.5 Å². The van der Waals surface area contributed by atoms with Crippen molar-refractivity contribution in [2.24, 2.45) is 0 Å². The van der Waals surface area contributed by atoms with Gasteiger partial charge in [-0.2, -0.15) is 0 Å². The van der Waals surface area contributed by atoms with Gasteiger partial charge >= 0.3 is 5.97 Å². The topological polar surface area (TPSA) is 44.8 Å². The van der Waals surface area contributed by atoms with E-state index in [-0.39, 0.29) is 6.61 Å². The Morgan fingerprint density at radius 2 is 1.65 bits per heavy atom. The Labute approximate surface area is 159 Å². The minimum absolute atomic E-state index is 0.121. The smallest absolute Gasteiger partial charge is 0.356 e. The quantitative estimate of drug-likeness (QED) is 0.456. The Kier molecular flexibility index (Phi) is 4.63. The summed E-state index contributed by atoms with van der Waals surface area (Å²) in [7, 11) is 0. The van der Waals surface area contributed by atoms with Crippen LogP contribution in [-0.2, 0) is 4.79 Å². The molecule has 0 fully saturated rings. The molecule has 4 nitrogen and oxygen atoms in total. The molecule has 0 spiro atoms. The van der Waals surface area contributed by atoms with Gasteiger partial charge in [0.25, 0.3) is 0 Å². The number of carbonyl (C=O) groups excluding carboxylic acids is 1. The average Bonchev–Trinajstić information content (AvgIpc) is 2.69. The molecule has 130 valence electrons. The first kappa shape index (κ1) is 16.7. The second-order valence-corrected chi connectivity index (χ2v) is 6.65. The lowest BCUT2D eigenvalue weighted by Gasteiger charge is -2.25. The van der Waals surface area contributed by atoms with E-state index in [1.807, 2.05) is 54.6 Å². The molecule has 5 heteroatoms. The maximum Gasteiger partial charge on any atom is 0.356 e. The number of hydrogen-bond acceptors (Lipinski definition) is 4. The molecule has 0 amide bonds. The largest absolute Gasteiger partial charge is 0.485 e. The zero-order valence-electron chi connectivity index (χ0n) is 13.7. The summed E-state index contributed by atoms with van der Waals surface area (Å²) in [6.45, 7) is 0.121. The molecular weight excluding hydrogens is 396 g/mol. The number of halogens is 1. The molecule has 26 heavy (non-hydrogen) atoms. The van der Waals surface area contributed by atoms with Gasteiger partial charge in [0, 0.05) is 0 Å². The van der Waals surface area contributed by atoms with Crippen molar-refractivity contribution >= 4 is 21.9 Å². The summed E-state index contributed by atoms with van der Waals surface area (Å²) in [6.07, 6.45) is -0.800. The summed E-state index contributed by atoms with van der Waals surface area (Å²) in [5.74, 6) is 1.12. The van der Waals surface area contributed by atoms with Gasteiger partial charge in [-0.1, -0.05) is 48.5 Å². The van der Waals surface area contributed by atoms with Crippen LogP contribution in [0.5, 0.6) is 17.2 Å². The molecule has 1 atom stereocenters.